The first-order valence-electron chi connectivity index (χ1n) is 11.1. The van der Waals surface area contributed by atoms with Crippen LogP contribution in [0.3, 0.4) is 0 Å². The lowest BCUT2D eigenvalue weighted by Crippen LogP contribution is -2.57. The maximum absolute atomic E-state index is 13.0. The van der Waals surface area contributed by atoms with Gasteiger partial charge in [0, 0.05) is 6.42 Å². The van der Waals surface area contributed by atoms with Gasteiger partial charge in [0.1, 0.15) is 18.1 Å². The molecule has 0 rings (SSSR count). The van der Waals surface area contributed by atoms with E-state index in [9.17, 15) is 29.1 Å². The minimum atomic E-state index is -1.33. The molecule has 0 bridgehead atoms. The molecule has 0 aromatic rings. The predicted octanol–water partition coefficient (Wildman–Crippen LogP) is -0.329. The minimum absolute atomic E-state index is 0.00384. The van der Waals surface area contributed by atoms with Crippen molar-refractivity contribution in [2.24, 2.45) is 17.4 Å². The van der Waals surface area contributed by atoms with Gasteiger partial charge in [-0.3, -0.25) is 19.2 Å². The van der Waals surface area contributed by atoms with Crippen LogP contribution in [0.1, 0.15) is 46.0 Å². The molecule has 0 aromatic heterocycles. The molecule has 0 saturated heterocycles. The number of hydrogen-bond acceptors (Lipinski definition) is 8. The van der Waals surface area contributed by atoms with Crippen molar-refractivity contribution < 1.29 is 29.1 Å². The summed E-state index contributed by atoms with van der Waals surface area (Å²) in [5.41, 5.74) is 11.0. The van der Waals surface area contributed by atoms with Gasteiger partial charge in [0.05, 0.1) is 6.04 Å². The monoisotopic (exact) mass is 521 g/mol. The van der Waals surface area contributed by atoms with Crippen molar-refractivity contribution in [1.29, 1.82) is 0 Å². The summed E-state index contributed by atoms with van der Waals surface area (Å²) in [5, 5.41) is 17.1. The van der Waals surface area contributed by atoms with Crippen molar-refractivity contribution in [2.45, 2.75) is 70.1 Å². The highest BCUT2D eigenvalue weighted by Crippen LogP contribution is 2.09. The highest BCUT2D eigenvalue weighted by molar-refractivity contribution is 7.98. The van der Waals surface area contributed by atoms with E-state index in [4.69, 9.17) is 11.5 Å². The Balaban J connectivity index is 5.42. The highest BCUT2D eigenvalue weighted by Gasteiger charge is 2.30. The topological polar surface area (TPSA) is 194 Å². The van der Waals surface area contributed by atoms with Crippen LogP contribution in [-0.2, 0) is 24.0 Å². The molecule has 0 aliphatic heterocycles. The van der Waals surface area contributed by atoms with Crippen LogP contribution >= 0.6 is 23.5 Å². The summed E-state index contributed by atoms with van der Waals surface area (Å²) in [6, 6.07) is -4.00. The molecule has 34 heavy (non-hydrogen) atoms. The average Bonchev–Trinajstić information content (AvgIpc) is 2.75. The Kier molecular flexibility index (Phi) is 16.4. The van der Waals surface area contributed by atoms with E-state index < -0.39 is 53.8 Å². The minimum Gasteiger partial charge on any atom is -0.480 e. The molecule has 0 aliphatic rings. The normalized spacial score (nSPS) is 14.5. The largest absolute Gasteiger partial charge is 0.480 e. The molecule has 4 unspecified atom stereocenters. The maximum Gasteiger partial charge on any atom is 0.326 e. The van der Waals surface area contributed by atoms with Crippen molar-refractivity contribution in [3.05, 3.63) is 0 Å². The van der Waals surface area contributed by atoms with Crippen LogP contribution in [0.25, 0.3) is 0 Å². The third kappa shape index (κ3) is 13.7. The Morgan fingerprint density at radius 3 is 1.79 bits per heavy atom. The first-order valence-corrected chi connectivity index (χ1v) is 13.9. The number of carbonyl (C=O) groups is 5. The fourth-order valence-electron chi connectivity index (χ4n) is 2.95. The number of primary amides is 1. The van der Waals surface area contributed by atoms with Gasteiger partial charge in [0.25, 0.3) is 0 Å². The van der Waals surface area contributed by atoms with Crippen molar-refractivity contribution in [2.75, 3.05) is 24.0 Å². The van der Waals surface area contributed by atoms with Crippen molar-refractivity contribution in [1.82, 2.24) is 16.0 Å². The van der Waals surface area contributed by atoms with Crippen LogP contribution in [-0.4, -0.2) is 82.9 Å². The van der Waals surface area contributed by atoms with Gasteiger partial charge in [0.2, 0.25) is 23.6 Å². The lowest BCUT2D eigenvalue weighted by Gasteiger charge is -2.26. The zero-order valence-electron chi connectivity index (χ0n) is 20.3. The molecule has 8 N–H and O–H groups in total. The Morgan fingerprint density at radius 1 is 0.794 bits per heavy atom. The Hall–Kier alpha value is -1.99. The van der Waals surface area contributed by atoms with Gasteiger partial charge in [-0.2, -0.15) is 23.5 Å². The molecule has 4 amide bonds. The first-order chi connectivity index (χ1) is 15.9. The number of carboxylic acid groups (broad SMARTS) is 1. The maximum atomic E-state index is 13.0. The van der Waals surface area contributed by atoms with Crippen molar-refractivity contribution in [3.63, 3.8) is 0 Å². The summed E-state index contributed by atoms with van der Waals surface area (Å²) in [6.45, 7) is 3.71. The van der Waals surface area contributed by atoms with Gasteiger partial charge < -0.3 is 32.5 Å². The zero-order valence-corrected chi connectivity index (χ0v) is 21.9. The van der Waals surface area contributed by atoms with E-state index in [2.05, 4.69) is 16.0 Å². The molecule has 13 heteroatoms. The van der Waals surface area contributed by atoms with Gasteiger partial charge in [-0.1, -0.05) is 13.8 Å². The standard InChI is InChI=1S/C21H39N5O6S2/c1-12(2)11-16(20(30)25-15(21(31)32)5-6-17(23)27)26-19(29)14(8-10-34-4)24-18(28)13(22)7-9-33-3/h12-16H,5-11,22H2,1-4H3,(H2,23,27)(H,24,28)(H,25,30)(H,26,29)(H,31,32). The summed E-state index contributed by atoms with van der Waals surface area (Å²) in [4.78, 5) is 60.8. The van der Waals surface area contributed by atoms with Crippen LogP contribution in [0.2, 0.25) is 0 Å². The zero-order chi connectivity index (χ0) is 26.3. The van der Waals surface area contributed by atoms with Gasteiger partial charge in [-0.05, 0) is 55.6 Å². The molecule has 196 valence electrons. The molecule has 0 spiro atoms. The summed E-state index contributed by atoms with van der Waals surface area (Å²) in [6.07, 6.45) is 4.44. The van der Waals surface area contributed by atoms with Gasteiger partial charge in [-0.15, -0.1) is 0 Å². The summed E-state index contributed by atoms with van der Waals surface area (Å²) >= 11 is 3.06. The lowest BCUT2D eigenvalue weighted by molar-refractivity contribution is -0.142. The second kappa shape index (κ2) is 17.4. The molecule has 0 radical (unpaired) electrons. The number of carboxylic acids is 1. The van der Waals surface area contributed by atoms with Crippen LogP contribution < -0.4 is 27.4 Å². The van der Waals surface area contributed by atoms with Crippen LogP contribution in [0.15, 0.2) is 0 Å². The molecule has 0 saturated carbocycles. The Labute approximate surface area is 209 Å². The smallest absolute Gasteiger partial charge is 0.326 e. The quantitative estimate of drug-likeness (QED) is 0.140. The molecule has 0 heterocycles. The third-order valence-electron chi connectivity index (χ3n) is 4.85. The van der Waals surface area contributed by atoms with Gasteiger partial charge >= 0.3 is 5.97 Å². The number of hydrogen-bond donors (Lipinski definition) is 6. The summed E-state index contributed by atoms with van der Waals surface area (Å²) < 4.78 is 0. The Bertz CT molecular complexity index is 695. The summed E-state index contributed by atoms with van der Waals surface area (Å²) in [7, 11) is 0. The highest BCUT2D eigenvalue weighted by atomic mass is 32.2. The van der Waals surface area contributed by atoms with Crippen molar-refractivity contribution >= 4 is 53.1 Å². The fourth-order valence-corrected chi connectivity index (χ4v) is 3.91. The summed E-state index contributed by atoms with van der Waals surface area (Å²) in [5.74, 6) is -2.39. The second-order valence-electron chi connectivity index (χ2n) is 8.33. The molecule has 0 aliphatic carbocycles. The molecule has 4 atom stereocenters. The number of aliphatic carboxylic acids is 1. The predicted molar refractivity (Wildman–Crippen MR) is 135 cm³/mol. The van der Waals surface area contributed by atoms with Gasteiger partial charge in [-0.25, -0.2) is 4.79 Å². The molecule has 0 aromatic carbocycles. The van der Waals surface area contributed by atoms with E-state index in [0.717, 1.165) is 0 Å². The first kappa shape index (κ1) is 32.0. The number of rotatable bonds is 18. The molecule has 0 fully saturated rings. The fraction of sp³-hybridized carbons (Fsp3) is 0.762. The number of thioether (sulfide) groups is 2. The number of amides is 4. The van der Waals surface area contributed by atoms with E-state index in [-0.39, 0.29) is 25.2 Å². The number of carbonyl (C=O) groups excluding carboxylic acids is 4. The molecular formula is C21H39N5O6S2. The lowest BCUT2D eigenvalue weighted by atomic mass is 10.0. The van der Waals surface area contributed by atoms with E-state index in [1.165, 1.54) is 11.8 Å². The van der Waals surface area contributed by atoms with E-state index in [1.807, 2.05) is 26.4 Å². The number of nitrogens with one attached hydrogen (secondary N) is 3. The SMILES string of the molecule is CSCCC(N)C(=O)NC(CCSC)C(=O)NC(CC(C)C)C(=O)NC(CCC(N)=O)C(=O)O. The van der Waals surface area contributed by atoms with Crippen LogP contribution in [0, 0.1) is 5.92 Å². The van der Waals surface area contributed by atoms with Crippen LogP contribution in [0.5, 0.6) is 0 Å². The van der Waals surface area contributed by atoms with Gasteiger partial charge in [0.15, 0.2) is 0 Å². The third-order valence-corrected chi connectivity index (χ3v) is 6.14. The van der Waals surface area contributed by atoms with E-state index >= 15 is 0 Å². The van der Waals surface area contributed by atoms with E-state index in [0.29, 0.717) is 24.3 Å². The number of nitrogens with two attached hydrogens (primary N) is 2. The Morgan fingerprint density at radius 2 is 1.29 bits per heavy atom. The van der Waals surface area contributed by atoms with E-state index in [1.54, 1.807) is 11.8 Å². The van der Waals surface area contributed by atoms with Crippen LogP contribution in [0.4, 0.5) is 0 Å². The molecular weight excluding hydrogens is 482 g/mol. The average molecular weight is 522 g/mol. The molecule has 11 nitrogen and oxygen atoms in total. The van der Waals surface area contributed by atoms with Crippen molar-refractivity contribution in [3.8, 4) is 0 Å². The second-order valence-corrected chi connectivity index (χ2v) is 10.3.